The topological polar surface area (TPSA) is 315 Å². The quantitative estimate of drug-likeness (QED) is 0.102. The molecule has 42 heavy (non-hydrogen) atoms. The number of aliphatic hydroxyl groups excluding tert-OH is 10. The van der Waals surface area contributed by atoms with E-state index in [9.17, 15) is 65.8 Å². The molecule has 3 rings (SSSR count). The average Bonchev–Trinajstić information content (AvgIpc) is 2.95. The Morgan fingerprint density at radius 1 is 0.976 bits per heavy atom. The highest BCUT2D eigenvalue weighted by molar-refractivity contribution is 5.76. The number of carbonyl (C=O) groups excluding carboxylic acids is 1. The van der Waals surface area contributed by atoms with Crippen molar-refractivity contribution in [3.63, 3.8) is 0 Å². The first-order valence-corrected chi connectivity index (χ1v) is 13.1. The molecule has 15 atom stereocenters. The van der Waals surface area contributed by atoms with E-state index in [1.807, 2.05) is 0 Å². The van der Waals surface area contributed by atoms with Gasteiger partial charge in [-0.05, 0) is 0 Å². The Balaban J connectivity index is 1.81. The second-order valence-corrected chi connectivity index (χ2v) is 10.4. The van der Waals surface area contributed by atoms with E-state index in [-0.39, 0.29) is 6.61 Å². The number of carboxylic acid groups (broad SMARTS) is 1. The number of hydrogen-bond donors (Lipinski definition) is 12. The Morgan fingerprint density at radius 3 is 2.21 bits per heavy atom. The summed E-state index contributed by atoms with van der Waals surface area (Å²) in [6.45, 7) is -1.86. The van der Waals surface area contributed by atoms with Gasteiger partial charge in [0.1, 0.15) is 67.1 Å². The highest BCUT2D eigenvalue weighted by atomic mass is 16.8. The van der Waals surface area contributed by atoms with E-state index in [0.717, 1.165) is 6.92 Å². The first-order chi connectivity index (χ1) is 19.7. The Labute approximate surface area is 238 Å². The van der Waals surface area contributed by atoms with E-state index in [0.29, 0.717) is 0 Å². The summed E-state index contributed by atoms with van der Waals surface area (Å²) in [5.41, 5.74) is 0. The highest BCUT2D eigenvalue weighted by Crippen LogP contribution is 2.35. The molecule has 0 aromatic heterocycles. The third-order valence-electron chi connectivity index (χ3n) is 7.39. The van der Waals surface area contributed by atoms with Gasteiger partial charge in [-0.1, -0.05) is 0 Å². The van der Waals surface area contributed by atoms with Crippen LogP contribution in [0.1, 0.15) is 13.3 Å². The van der Waals surface area contributed by atoms with Gasteiger partial charge in [-0.3, -0.25) is 4.79 Å². The van der Waals surface area contributed by atoms with Crippen molar-refractivity contribution < 1.29 is 89.4 Å². The van der Waals surface area contributed by atoms with E-state index in [1.54, 1.807) is 0 Å². The van der Waals surface area contributed by atoms with Gasteiger partial charge >= 0.3 is 5.97 Å². The van der Waals surface area contributed by atoms with Crippen LogP contribution in [0, 0.1) is 0 Å². The van der Waals surface area contributed by atoms with Crippen LogP contribution < -0.4 is 5.32 Å². The van der Waals surface area contributed by atoms with Crippen LogP contribution in [0.4, 0.5) is 0 Å². The van der Waals surface area contributed by atoms with E-state index < -0.39 is 129 Å². The zero-order valence-corrected chi connectivity index (χ0v) is 22.4. The van der Waals surface area contributed by atoms with Crippen molar-refractivity contribution in [1.82, 2.24) is 5.32 Å². The summed E-state index contributed by atoms with van der Waals surface area (Å²) in [7, 11) is 0. The molecule has 1 amide bonds. The molecule has 19 heteroatoms. The van der Waals surface area contributed by atoms with Gasteiger partial charge in [0.05, 0.1) is 38.6 Å². The molecule has 3 fully saturated rings. The van der Waals surface area contributed by atoms with Crippen LogP contribution in [-0.2, 0) is 33.3 Å². The van der Waals surface area contributed by atoms with Crippen molar-refractivity contribution in [3.05, 3.63) is 0 Å². The number of amides is 1. The van der Waals surface area contributed by atoms with Crippen LogP contribution in [0.3, 0.4) is 0 Å². The number of hydrogen-bond acceptors (Lipinski definition) is 17. The Kier molecular flexibility index (Phi) is 12.0. The van der Waals surface area contributed by atoms with Gasteiger partial charge in [0.25, 0.3) is 5.79 Å². The third kappa shape index (κ3) is 7.34. The minimum atomic E-state index is -2.80. The van der Waals surface area contributed by atoms with Gasteiger partial charge in [-0.15, -0.1) is 0 Å². The Bertz CT molecular complexity index is 911. The summed E-state index contributed by atoms with van der Waals surface area (Å²) in [4.78, 5) is 24.0. The van der Waals surface area contributed by atoms with Crippen molar-refractivity contribution in [2.24, 2.45) is 0 Å². The summed E-state index contributed by atoms with van der Waals surface area (Å²) in [5, 5.41) is 114. The molecule has 244 valence electrons. The second kappa shape index (κ2) is 14.4. The van der Waals surface area contributed by atoms with Crippen molar-refractivity contribution in [2.75, 3.05) is 26.4 Å². The standard InChI is InChI=1S/C23H39NO18/c1-7(27)24-13-8(28)2-23(22(36)37,42-20(13)14(31)9(29)3-25)39-6-12-16(33)17(34)18(35)21(40-12)41-19-11(4-26)38-5-10(30)15(19)32/h8-21,25-26,28-35H,2-6H2,1H3,(H,24,27)(H,36,37)/t8?,9?,10?,11?,12?,13?,14-,15?,16?,17?,18?,19?,20?,21?,23?/m1/s1. The normalized spacial score (nSPS) is 44.3. The maximum atomic E-state index is 12.3. The molecular formula is C23H39NO18. The maximum absolute atomic E-state index is 12.3. The van der Waals surface area contributed by atoms with E-state index in [2.05, 4.69) is 5.32 Å². The van der Waals surface area contributed by atoms with Crippen LogP contribution in [0.25, 0.3) is 0 Å². The SMILES string of the molecule is CC(=O)NC1C(O)CC(OCC2OC(OC3C(CO)OCC(O)C3O)C(O)C(O)C2O)(C(=O)O)OC1[C@H](O)C(O)CO. The van der Waals surface area contributed by atoms with Gasteiger partial charge in [-0.25, -0.2) is 4.79 Å². The van der Waals surface area contributed by atoms with Crippen molar-refractivity contribution in [1.29, 1.82) is 0 Å². The van der Waals surface area contributed by atoms with Crippen molar-refractivity contribution in [2.45, 2.75) is 105 Å². The van der Waals surface area contributed by atoms with Crippen LogP contribution in [0.15, 0.2) is 0 Å². The second-order valence-electron chi connectivity index (χ2n) is 10.4. The molecule has 0 bridgehead atoms. The zero-order chi connectivity index (χ0) is 31.5. The molecule has 0 aromatic carbocycles. The molecule has 0 aliphatic carbocycles. The van der Waals surface area contributed by atoms with E-state index in [1.165, 1.54) is 0 Å². The van der Waals surface area contributed by atoms with Crippen LogP contribution in [0.2, 0.25) is 0 Å². The van der Waals surface area contributed by atoms with Gasteiger partial charge < -0.3 is 85.2 Å². The predicted octanol–water partition coefficient (Wildman–Crippen LogP) is -7.54. The predicted molar refractivity (Wildman–Crippen MR) is 129 cm³/mol. The molecule has 0 saturated carbocycles. The summed E-state index contributed by atoms with van der Waals surface area (Å²) >= 11 is 0. The number of carboxylic acids is 1. The number of ether oxygens (including phenoxy) is 5. The van der Waals surface area contributed by atoms with E-state index in [4.69, 9.17) is 23.7 Å². The lowest BCUT2D eigenvalue weighted by atomic mass is 9.88. The smallest absolute Gasteiger partial charge is 0.364 e. The number of nitrogens with one attached hydrogen (secondary N) is 1. The average molecular weight is 618 g/mol. The molecule has 0 radical (unpaired) electrons. The number of rotatable bonds is 11. The van der Waals surface area contributed by atoms with Crippen LogP contribution in [-0.4, -0.2) is 186 Å². The fourth-order valence-corrected chi connectivity index (χ4v) is 4.99. The number of aliphatic carboxylic acids is 1. The fraction of sp³-hybridized carbons (Fsp3) is 0.913. The Morgan fingerprint density at radius 2 is 1.64 bits per heavy atom. The minimum Gasteiger partial charge on any atom is -0.477 e. The molecule has 0 aromatic rings. The maximum Gasteiger partial charge on any atom is 0.364 e. The monoisotopic (exact) mass is 617 g/mol. The van der Waals surface area contributed by atoms with Gasteiger partial charge in [0.2, 0.25) is 5.91 Å². The molecule has 0 spiro atoms. The third-order valence-corrected chi connectivity index (χ3v) is 7.39. The minimum absolute atomic E-state index is 0.338. The summed E-state index contributed by atoms with van der Waals surface area (Å²) in [6.07, 6.45) is -23.4. The molecule has 14 unspecified atom stereocenters. The molecule has 19 nitrogen and oxygen atoms in total. The molecule has 3 aliphatic heterocycles. The largest absolute Gasteiger partial charge is 0.477 e. The van der Waals surface area contributed by atoms with E-state index >= 15 is 0 Å². The number of carbonyl (C=O) groups is 2. The lowest BCUT2D eigenvalue weighted by Gasteiger charge is -2.47. The summed E-state index contributed by atoms with van der Waals surface area (Å²) in [6, 6.07) is -1.46. The lowest BCUT2D eigenvalue weighted by molar-refractivity contribution is -0.353. The molecular weight excluding hydrogens is 578 g/mol. The molecule has 3 saturated heterocycles. The van der Waals surface area contributed by atoms with Crippen LogP contribution in [0.5, 0.6) is 0 Å². The highest BCUT2D eigenvalue weighted by Gasteiger charge is 2.57. The molecule has 12 N–H and O–H groups in total. The molecule has 3 aliphatic rings. The lowest BCUT2D eigenvalue weighted by Crippen LogP contribution is -2.68. The Hall–Kier alpha value is -1.66. The van der Waals surface area contributed by atoms with Gasteiger partial charge in [0, 0.05) is 13.3 Å². The number of aliphatic hydroxyl groups is 10. The zero-order valence-electron chi connectivity index (χ0n) is 22.4. The van der Waals surface area contributed by atoms with Gasteiger partial charge in [-0.2, -0.15) is 0 Å². The van der Waals surface area contributed by atoms with Gasteiger partial charge in [0.15, 0.2) is 6.29 Å². The van der Waals surface area contributed by atoms with Crippen molar-refractivity contribution in [3.8, 4) is 0 Å². The first kappa shape index (κ1) is 34.8. The molecule has 3 heterocycles. The van der Waals surface area contributed by atoms with Crippen LogP contribution >= 0.6 is 0 Å². The summed E-state index contributed by atoms with van der Waals surface area (Å²) < 4.78 is 27.1. The fourth-order valence-electron chi connectivity index (χ4n) is 4.99. The summed E-state index contributed by atoms with van der Waals surface area (Å²) in [5.74, 6) is -5.35. The van der Waals surface area contributed by atoms with Crippen molar-refractivity contribution >= 4 is 11.9 Å². The first-order valence-electron chi connectivity index (χ1n) is 13.1.